The summed E-state index contributed by atoms with van der Waals surface area (Å²) in [5, 5.41) is 0. The van der Waals surface area contributed by atoms with Crippen LogP contribution in [0, 0.1) is 5.92 Å². The zero-order valence-electron chi connectivity index (χ0n) is 15.3. The van der Waals surface area contributed by atoms with Crippen molar-refractivity contribution in [2.24, 2.45) is 5.92 Å². The maximum absolute atomic E-state index is 2.59. The second-order valence-electron chi connectivity index (χ2n) is 9.56. The van der Waals surface area contributed by atoms with Crippen molar-refractivity contribution in [2.75, 3.05) is 0 Å². The predicted molar refractivity (Wildman–Crippen MR) is 99.0 cm³/mol. The molecule has 126 valence electrons. The van der Waals surface area contributed by atoms with Gasteiger partial charge in [0.05, 0.1) is 6.42 Å². The molecule has 1 aliphatic carbocycles. The molecular weight excluding hydrogens is 302 g/mol. The Labute approximate surface area is 150 Å². The van der Waals surface area contributed by atoms with E-state index < -0.39 is 0 Å². The van der Waals surface area contributed by atoms with E-state index in [0.29, 0.717) is 11.1 Å². The highest BCUT2D eigenvalue weighted by molar-refractivity contribution is 5.61. The van der Waals surface area contributed by atoms with Gasteiger partial charge >= 0.3 is 0 Å². The van der Waals surface area contributed by atoms with E-state index >= 15 is 0 Å². The predicted octanol–water partition coefficient (Wildman–Crippen LogP) is 5.18. The van der Waals surface area contributed by atoms with Gasteiger partial charge in [-0.25, -0.2) is 0 Å². The molecule has 4 heterocycles. The van der Waals surface area contributed by atoms with E-state index in [2.05, 4.69) is 62.4 Å². The van der Waals surface area contributed by atoms with Crippen LogP contribution in [0.2, 0.25) is 0 Å². The van der Waals surface area contributed by atoms with E-state index in [9.17, 15) is 0 Å². The highest BCUT2D eigenvalue weighted by Gasteiger charge is 3.03. The van der Waals surface area contributed by atoms with Crippen LogP contribution in [-0.4, -0.2) is 10.5 Å². The molecule has 3 unspecified atom stereocenters. The van der Waals surface area contributed by atoms with Crippen LogP contribution in [0.1, 0.15) is 68.2 Å². The van der Waals surface area contributed by atoms with Gasteiger partial charge in [-0.15, -0.1) is 0 Å². The van der Waals surface area contributed by atoms with Gasteiger partial charge in [-0.3, -0.25) is 4.48 Å². The highest BCUT2D eigenvalue weighted by Crippen LogP contribution is 2.91. The normalized spacial score (nSPS) is 46.7. The van der Waals surface area contributed by atoms with Crippen LogP contribution in [0.5, 0.6) is 0 Å². The topological polar surface area (TPSA) is 0 Å². The van der Waals surface area contributed by atoms with Crippen LogP contribution in [0.4, 0.5) is 0 Å². The molecule has 0 radical (unpaired) electrons. The van der Waals surface area contributed by atoms with E-state index in [1.54, 1.807) is 22.3 Å². The van der Waals surface area contributed by atoms with E-state index in [1.807, 2.05) is 0 Å². The summed E-state index contributed by atoms with van der Waals surface area (Å²) in [6.07, 6.45) is 7.10. The Morgan fingerprint density at radius 3 is 2.16 bits per heavy atom. The summed E-state index contributed by atoms with van der Waals surface area (Å²) in [7, 11) is 0. The third-order valence-electron chi connectivity index (χ3n) is 9.23. The van der Waals surface area contributed by atoms with Gasteiger partial charge in [-0.1, -0.05) is 55.5 Å². The van der Waals surface area contributed by atoms with Gasteiger partial charge in [0.25, 0.3) is 0 Å². The molecule has 1 nitrogen and oxygen atoms in total. The fourth-order valence-corrected chi connectivity index (χ4v) is 8.63. The first-order valence-corrected chi connectivity index (χ1v) is 10.3. The average molecular weight is 328 g/mol. The lowest BCUT2D eigenvalue weighted by atomic mass is 9.75. The number of hydrogen-bond donors (Lipinski definition) is 0. The van der Waals surface area contributed by atoms with Crippen molar-refractivity contribution >= 4 is 0 Å². The van der Waals surface area contributed by atoms with Crippen LogP contribution in [-0.2, 0) is 16.6 Å². The van der Waals surface area contributed by atoms with Crippen LogP contribution in [0.25, 0.3) is 0 Å². The van der Waals surface area contributed by atoms with Crippen LogP contribution < -0.4 is 0 Å². The number of quaternary nitrogens is 1. The molecule has 5 aliphatic rings. The quantitative estimate of drug-likeness (QED) is 0.538. The molecule has 1 spiro atoms. The molecule has 2 saturated heterocycles. The van der Waals surface area contributed by atoms with Crippen LogP contribution in [0.3, 0.4) is 0 Å². The van der Waals surface area contributed by atoms with E-state index in [4.69, 9.17) is 0 Å². The smallest absolute Gasteiger partial charge is 0.180 e. The standard InChI is InChI=1S/C24H26N/c1-3-24-20-11-7-5-9-18(20)22(2)17-8-4-6-10-19(17)23(14-16-12-13-16)15-21(24)25(22,23)24/h4-11,16,21H,3,12-15H2,1-2H3/q+1/t21?,22?,23-,24-,25?/m0/s1. The molecule has 0 amide bonds. The summed E-state index contributed by atoms with van der Waals surface area (Å²) < 4.78 is 1.37. The Hall–Kier alpha value is -1.60. The fraction of sp³-hybridized carbons (Fsp3) is 0.500. The molecule has 0 bridgehead atoms. The number of fused-ring (bicyclic) bond motifs is 7. The molecule has 0 aromatic heterocycles. The first-order valence-electron chi connectivity index (χ1n) is 10.3. The van der Waals surface area contributed by atoms with Crippen molar-refractivity contribution in [2.45, 2.75) is 68.6 Å². The molecule has 5 atom stereocenters. The third kappa shape index (κ3) is 0.983. The number of hydrogen-bond acceptors (Lipinski definition) is 0. The Bertz CT molecular complexity index is 958. The maximum atomic E-state index is 2.59. The molecular formula is C24H26N+. The number of rotatable bonds is 3. The Morgan fingerprint density at radius 2 is 1.52 bits per heavy atom. The largest absolute Gasteiger partial charge is 0.281 e. The summed E-state index contributed by atoms with van der Waals surface area (Å²) in [4.78, 5) is 0. The van der Waals surface area contributed by atoms with Crippen LogP contribution in [0.15, 0.2) is 48.5 Å². The Kier molecular flexibility index (Phi) is 1.95. The van der Waals surface area contributed by atoms with Gasteiger partial charge in [0.2, 0.25) is 0 Å². The third-order valence-corrected chi connectivity index (χ3v) is 9.23. The van der Waals surface area contributed by atoms with Gasteiger partial charge in [0.15, 0.2) is 17.1 Å². The molecule has 0 N–H and O–H groups in total. The van der Waals surface area contributed by atoms with Gasteiger partial charge in [-0.2, -0.15) is 0 Å². The zero-order chi connectivity index (χ0) is 16.7. The first-order chi connectivity index (χ1) is 12.2. The second-order valence-corrected chi connectivity index (χ2v) is 9.56. The van der Waals surface area contributed by atoms with Crippen molar-refractivity contribution < 1.29 is 4.48 Å². The summed E-state index contributed by atoms with van der Waals surface area (Å²) >= 11 is 0. The zero-order valence-corrected chi connectivity index (χ0v) is 15.3. The molecule has 4 aliphatic heterocycles. The summed E-state index contributed by atoms with van der Waals surface area (Å²) in [5.74, 6) is 0.989. The lowest BCUT2D eigenvalue weighted by Gasteiger charge is -2.51. The molecule has 2 aromatic carbocycles. The minimum Gasteiger partial charge on any atom is -0.281 e. The van der Waals surface area contributed by atoms with Gasteiger partial charge in [-0.05, 0) is 25.7 Å². The molecule has 3 fully saturated rings. The second kappa shape index (κ2) is 3.60. The molecule has 1 heteroatoms. The van der Waals surface area contributed by atoms with Gasteiger partial charge in [0.1, 0.15) is 5.54 Å². The monoisotopic (exact) mass is 328 g/mol. The minimum atomic E-state index is 0.182. The van der Waals surface area contributed by atoms with Crippen molar-refractivity contribution in [3.8, 4) is 0 Å². The lowest BCUT2D eigenvalue weighted by molar-refractivity contribution is -0.975. The maximum Gasteiger partial charge on any atom is 0.180 e. The number of nitrogens with zero attached hydrogens (tertiary/aromatic N) is 1. The summed E-state index contributed by atoms with van der Waals surface area (Å²) in [6, 6.07) is 19.9. The summed E-state index contributed by atoms with van der Waals surface area (Å²) in [6.45, 7) is 5.05. The van der Waals surface area contributed by atoms with E-state index in [-0.39, 0.29) is 5.54 Å². The van der Waals surface area contributed by atoms with Crippen LogP contribution >= 0.6 is 0 Å². The fourth-order valence-electron chi connectivity index (χ4n) is 8.63. The highest BCUT2D eigenvalue weighted by atomic mass is 15.7. The molecule has 2 aromatic rings. The molecule has 25 heavy (non-hydrogen) atoms. The Balaban J connectivity index is 1.61. The number of benzene rings is 2. The van der Waals surface area contributed by atoms with E-state index in [1.165, 1.54) is 36.6 Å². The molecule has 7 rings (SSSR count). The lowest BCUT2D eigenvalue weighted by Crippen LogP contribution is -2.62. The minimum absolute atomic E-state index is 0.182. The average Bonchev–Trinajstić information content (AvgIpc) is 3.50. The van der Waals surface area contributed by atoms with Crippen molar-refractivity contribution in [1.82, 2.24) is 0 Å². The SMILES string of the molecule is CC[C@]12c3ccccc3C3(C)c4ccccc4[C@]4(CC5CC5)CC1[N+]342. The first kappa shape index (κ1) is 13.6. The van der Waals surface area contributed by atoms with E-state index in [0.717, 1.165) is 12.0 Å². The van der Waals surface area contributed by atoms with Crippen molar-refractivity contribution in [3.63, 3.8) is 0 Å². The van der Waals surface area contributed by atoms with Crippen molar-refractivity contribution in [1.29, 1.82) is 0 Å². The molecule has 1 saturated carbocycles. The Morgan fingerprint density at radius 1 is 0.920 bits per heavy atom. The van der Waals surface area contributed by atoms with Gasteiger partial charge in [0, 0.05) is 35.1 Å². The summed E-state index contributed by atoms with van der Waals surface area (Å²) in [5.41, 5.74) is 7.69. The van der Waals surface area contributed by atoms with Gasteiger partial charge < -0.3 is 0 Å². The van der Waals surface area contributed by atoms with Crippen molar-refractivity contribution in [3.05, 3.63) is 70.8 Å².